The van der Waals surface area contributed by atoms with Crippen LogP contribution in [0.2, 0.25) is 0 Å². The first-order chi connectivity index (χ1) is 11.3. The summed E-state index contributed by atoms with van der Waals surface area (Å²) >= 11 is 1.63. The van der Waals surface area contributed by atoms with Gasteiger partial charge in [-0.15, -0.1) is 11.3 Å². The van der Waals surface area contributed by atoms with E-state index in [1.54, 1.807) is 23.5 Å². The van der Waals surface area contributed by atoms with Gasteiger partial charge in [0.25, 0.3) is 0 Å². The number of hydrogen-bond acceptors (Lipinski definition) is 5. The van der Waals surface area contributed by atoms with Gasteiger partial charge >= 0.3 is 0 Å². The highest BCUT2D eigenvalue weighted by Gasteiger charge is 2.34. The van der Waals surface area contributed by atoms with E-state index in [1.807, 2.05) is 26.1 Å². The molecule has 0 saturated carbocycles. The van der Waals surface area contributed by atoms with Gasteiger partial charge in [0, 0.05) is 30.5 Å². The molecule has 2 aromatic rings. The van der Waals surface area contributed by atoms with Crippen LogP contribution in [0.15, 0.2) is 29.3 Å². The lowest BCUT2D eigenvalue weighted by atomic mass is 10.0. The smallest absolute Gasteiger partial charge is 0.244 e. The molecule has 2 heterocycles. The fourth-order valence-electron chi connectivity index (χ4n) is 2.80. The van der Waals surface area contributed by atoms with Gasteiger partial charge in [-0.1, -0.05) is 19.1 Å². The van der Waals surface area contributed by atoms with E-state index in [2.05, 4.69) is 16.6 Å². The van der Waals surface area contributed by atoms with Gasteiger partial charge in [0.15, 0.2) is 0 Å². The summed E-state index contributed by atoms with van der Waals surface area (Å²) < 4.78 is 33.8. The Hall–Kier alpha value is -1.44. The second-order valence-electron chi connectivity index (χ2n) is 6.50. The van der Waals surface area contributed by atoms with Crippen molar-refractivity contribution >= 4 is 21.4 Å². The zero-order valence-corrected chi connectivity index (χ0v) is 15.8. The van der Waals surface area contributed by atoms with Crippen molar-refractivity contribution in [3.63, 3.8) is 0 Å². The van der Waals surface area contributed by atoms with Crippen molar-refractivity contribution < 1.29 is 13.2 Å². The molecule has 0 radical (unpaired) electrons. The summed E-state index contributed by atoms with van der Waals surface area (Å²) in [6.45, 7) is 6.33. The fourth-order valence-corrected chi connectivity index (χ4v) is 4.86. The summed E-state index contributed by atoms with van der Waals surface area (Å²) in [6.07, 6.45) is 4.11. The van der Waals surface area contributed by atoms with E-state index in [0.717, 1.165) is 17.0 Å². The fraction of sp³-hybridized carbons (Fsp3) is 0.471. The number of nitrogens with zero attached hydrogens (tertiary/aromatic N) is 1. The maximum absolute atomic E-state index is 12.6. The second kappa shape index (κ2) is 6.46. The van der Waals surface area contributed by atoms with Gasteiger partial charge in [-0.3, -0.25) is 0 Å². The third-order valence-electron chi connectivity index (χ3n) is 3.93. The van der Waals surface area contributed by atoms with E-state index in [-0.39, 0.29) is 10.5 Å². The van der Waals surface area contributed by atoms with E-state index < -0.39 is 10.0 Å². The quantitative estimate of drug-likeness (QED) is 0.853. The molecule has 1 aliphatic rings. The highest BCUT2D eigenvalue weighted by molar-refractivity contribution is 7.89. The number of fused-ring (bicyclic) bond motifs is 1. The molecule has 0 aliphatic carbocycles. The van der Waals surface area contributed by atoms with Crippen LogP contribution in [-0.2, 0) is 29.3 Å². The van der Waals surface area contributed by atoms with Gasteiger partial charge in [0.2, 0.25) is 10.0 Å². The Morgan fingerprint density at radius 3 is 2.88 bits per heavy atom. The summed E-state index contributed by atoms with van der Waals surface area (Å²) in [5.41, 5.74) is 0.571. The van der Waals surface area contributed by atoms with Gasteiger partial charge < -0.3 is 4.74 Å². The zero-order chi connectivity index (χ0) is 17.4. The van der Waals surface area contributed by atoms with E-state index >= 15 is 0 Å². The number of thiazole rings is 1. The lowest BCUT2D eigenvalue weighted by Gasteiger charge is -2.18. The monoisotopic (exact) mass is 366 g/mol. The predicted molar refractivity (Wildman–Crippen MR) is 95.2 cm³/mol. The molecule has 0 bridgehead atoms. The molecule has 3 rings (SSSR count). The van der Waals surface area contributed by atoms with Crippen LogP contribution in [0.1, 0.15) is 36.2 Å². The number of ether oxygens (including phenoxy) is 1. The molecule has 1 N–H and O–H groups in total. The number of aryl methyl sites for hydroxylation is 1. The van der Waals surface area contributed by atoms with E-state index in [9.17, 15) is 8.42 Å². The van der Waals surface area contributed by atoms with Crippen molar-refractivity contribution in [2.75, 3.05) is 6.54 Å². The number of benzene rings is 1. The Morgan fingerprint density at radius 2 is 2.17 bits per heavy atom. The Bertz CT molecular complexity index is 841. The van der Waals surface area contributed by atoms with Gasteiger partial charge in [-0.2, -0.15) is 0 Å². The normalized spacial score (nSPS) is 16.0. The minimum Gasteiger partial charge on any atom is -0.486 e. The highest BCUT2D eigenvalue weighted by atomic mass is 32.2. The van der Waals surface area contributed by atoms with E-state index in [1.165, 1.54) is 4.88 Å². The summed E-state index contributed by atoms with van der Waals surface area (Å²) in [5, 5.41) is 0.949. The molecular weight excluding hydrogens is 344 g/mol. The Labute approximate surface area is 147 Å². The van der Waals surface area contributed by atoms with Crippen molar-refractivity contribution in [1.29, 1.82) is 0 Å². The summed E-state index contributed by atoms with van der Waals surface area (Å²) in [6, 6.07) is 5.29. The number of aromatic nitrogens is 1. The van der Waals surface area contributed by atoms with Crippen LogP contribution in [0, 0.1) is 0 Å². The molecule has 24 heavy (non-hydrogen) atoms. The standard InChI is InChI=1S/C17H22N2O3S2/c1-4-13-11-18-15(23-13)8-9-19-24(20,21)14-7-5-6-12-10-17(2,3)22-16(12)14/h5-7,11,19H,4,8-10H2,1-3H3. The summed E-state index contributed by atoms with van der Waals surface area (Å²) in [7, 11) is -3.60. The molecule has 0 atom stereocenters. The Balaban J connectivity index is 1.72. The largest absolute Gasteiger partial charge is 0.486 e. The van der Waals surface area contributed by atoms with E-state index in [0.29, 0.717) is 25.1 Å². The molecule has 7 heteroatoms. The lowest BCUT2D eigenvalue weighted by Crippen LogP contribution is -2.28. The average Bonchev–Trinajstić information content (AvgIpc) is 3.08. The molecule has 0 saturated heterocycles. The molecule has 1 aromatic carbocycles. The zero-order valence-electron chi connectivity index (χ0n) is 14.1. The maximum Gasteiger partial charge on any atom is 0.244 e. The van der Waals surface area contributed by atoms with Crippen LogP contribution in [0.5, 0.6) is 5.75 Å². The Kier molecular flexibility index (Phi) is 4.68. The molecule has 0 amide bonds. The molecule has 1 aromatic heterocycles. The number of hydrogen-bond donors (Lipinski definition) is 1. The van der Waals surface area contributed by atoms with Crippen molar-refractivity contribution in [2.24, 2.45) is 0 Å². The van der Waals surface area contributed by atoms with Gasteiger partial charge in [0.05, 0.1) is 5.01 Å². The maximum atomic E-state index is 12.6. The third kappa shape index (κ3) is 3.63. The van der Waals surface area contributed by atoms with Gasteiger partial charge in [-0.25, -0.2) is 18.1 Å². The minimum absolute atomic E-state index is 0.221. The summed E-state index contributed by atoms with van der Waals surface area (Å²) in [5.74, 6) is 0.484. The van der Waals surface area contributed by atoms with Crippen molar-refractivity contribution in [3.8, 4) is 5.75 Å². The molecule has 0 unspecified atom stereocenters. The summed E-state index contributed by atoms with van der Waals surface area (Å²) in [4.78, 5) is 5.75. The van der Waals surface area contributed by atoms with Crippen molar-refractivity contribution in [1.82, 2.24) is 9.71 Å². The molecule has 0 fully saturated rings. The van der Waals surface area contributed by atoms with E-state index in [4.69, 9.17) is 4.74 Å². The minimum atomic E-state index is -3.60. The lowest BCUT2D eigenvalue weighted by molar-refractivity contribution is 0.135. The van der Waals surface area contributed by atoms with Crippen molar-refractivity contribution in [2.45, 2.75) is 50.5 Å². The van der Waals surface area contributed by atoms with Crippen LogP contribution in [0.25, 0.3) is 0 Å². The highest BCUT2D eigenvalue weighted by Crippen LogP contribution is 2.39. The number of sulfonamides is 1. The van der Waals surface area contributed by atoms with Crippen LogP contribution in [0.3, 0.4) is 0 Å². The number of nitrogens with one attached hydrogen (secondary N) is 1. The van der Waals surface area contributed by atoms with Crippen LogP contribution >= 0.6 is 11.3 Å². The number of para-hydroxylation sites is 1. The first-order valence-corrected chi connectivity index (χ1v) is 10.3. The number of rotatable bonds is 6. The molecule has 0 spiro atoms. The van der Waals surface area contributed by atoms with Gasteiger partial charge in [-0.05, 0) is 31.9 Å². The first kappa shape index (κ1) is 17.4. The van der Waals surface area contributed by atoms with Crippen LogP contribution in [-0.4, -0.2) is 25.5 Å². The molecule has 130 valence electrons. The Morgan fingerprint density at radius 1 is 1.38 bits per heavy atom. The van der Waals surface area contributed by atoms with Crippen LogP contribution < -0.4 is 9.46 Å². The second-order valence-corrected chi connectivity index (χ2v) is 9.44. The van der Waals surface area contributed by atoms with Crippen molar-refractivity contribution in [3.05, 3.63) is 39.8 Å². The van der Waals surface area contributed by atoms with Crippen LogP contribution in [0.4, 0.5) is 0 Å². The molecule has 1 aliphatic heterocycles. The SMILES string of the molecule is CCc1cnc(CCNS(=O)(=O)c2cccc3c2OC(C)(C)C3)s1. The molecular formula is C17H22N2O3S2. The van der Waals surface area contributed by atoms with Gasteiger partial charge in [0.1, 0.15) is 16.2 Å². The first-order valence-electron chi connectivity index (χ1n) is 8.05. The average molecular weight is 367 g/mol. The predicted octanol–water partition coefficient (Wildman–Crippen LogP) is 2.94. The third-order valence-corrected chi connectivity index (χ3v) is 6.61. The molecule has 5 nitrogen and oxygen atoms in total. The topological polar surface area (TPSA) is 68.3 Å².